The molecule has 3 nitrogen and oxygen atoms in total. The molecule has 0 radical (unpaired) electrons. The summed E-state index contributed by atoms with van der Waals surface area (Å²) in [5.41, 5.74) is 4.92. The third kappa shape index (κ3) is 1.36. The molecule has 0 aromatic heterocycles. The Balaban J connectivity index is 2.25. The SMILES string of the molecule is CN1CN=CC2=C1c1ccccc1C=NC2. The van der Waals surface area contributed by atoms with E-state index >= 15 is 0 Å². The minimum Gasteiger partial charge on any atom is -0.354 e. The molecule has 0 spiro atoms. The van der Waals surface area contributed by atoms with Crippen LogP contribution in [-0.2, 0) is 0 Å². The molecule has 80 valence electrons. The van der Waals surface area contributed by atoms with Crippen molar-refractivity contribution in [1.82, 2.24) is 4.90 Å². The van der Waals surface area contributed by atoms with Gasteiger partial charge in [-0.2, -0.15) is 0 Å². The Morgan fingerprint density at radius 1 is 1.12 bits per heavy atom. The van der Waals surface area contributed by atoms with Gasteiger partial charge in [0.1, 0.15) is 6.67 Å². The van der Waals surface area contributed by atoms with Crippen LogP contribution in [-0.4, -0.2) is 37.6 Å². The van der Waals surface area contributed by atoms with E-state index in [4.69, 9.17) is 0 Å². The zero-order valence-corrected chi connectivity index (χ0v) is 9.22. The molecule has 3 rings (SSSR count). The first-order valence-corrected chi connectivity index (χ1v) is 5.39. The molecule has 1 aromatic rings. The molecule has 16 heavy (non-hydrogen) atoms. The molecule has 2 aliphatic heterocycles. The van der Waals surface area contributed by atoms with E-state index in [0.717, 1.165) is 13.2 Å². The van der Waals surface area contributed by atoms with E-state index in [0.29, 0.717) is 0 Å². The first-order chi connectivity index (χ1) is 7.86. The van der Waals surface area contributed by atoms with Gasteiger partial charge in [0.25, 0.3) is 0 Å². The summed E-state index contributed by atoms with van der Waals surface area (Å²) in [7, 11) is 2.08. The summed E-state index contributed by atoms with van der Waals surface area (Å²) < 4.78 is 0. The Hall–Kier alpha value is -1.90. The highest BCUT2D eigenvalue weighted by Crippen LogP contribution is 2.27. The van der Waals surface area contributed by atoms with Crippen molar-refractivity contribution in [3.05, 3.63) is 41.0 Å². The van der Waals surface area contributed by atoms with E-state index in [-0.39, 0.29) is 0 Å². The molecule has 0 saturated heterocycles. The van der Waals surface area contributed by atoms with Gasteiger partial charge in [-0.1, -0.05) is 24.3 Å². The molecular formula is C13H13N3. The topological polar surface area (TPSA) is 28.0 Å². The zero-order chi connectivity index (χ0) is 11.0. The maximum atomic E-state index is 4.43. The molecule has 0 N–H and O–H groups in total. The molecule has 0 unspecified atom stereocenters. The Bertz CT molecular complexity index is 512. The lowest BCUT2D eigenvalue weighted by Gasteiger charge is -2.26. The van der Waals surface area contributed by atoms with Crippen LogP contribution in [0, 0.1) is 0 Å². The van der Waals surface area contributed by atoms with E-state index in [9.17, 15) is 0 Å². The van der Waals surface area contributed by atoms with Crippen molar-refractivity contribution in [2.45, 2.75) is 0 Å². The van der Waals surface area contributed by atoms with Gasteiger partial charge in [0.15, 0.2) is 0 Å². The molecule has 0 atom stereocenters. The first-order valence-electron chi connectivity index (χ1n) is 5.39. The summed E-state index contributed by atoms with van der Waals surface area (Å²) in [5.74, 6) is 0. The normalized spacial score (nSPS) is 18.2. The molecule has 3 heteroatoms. The smallest absolute Gasteiger partial charge is 0.109 e. The highest BCUT2D eigenvalue weighted by atomic mass is 15.2. The van der Waals surface area contributed by atoms with Gasteiger partial charge < -0.3 is 4.90 Å². The van der Waals surface area contributed by atoms with Crippen LogP contribution < -0.4 is 0 Å². The van der Waals surface area contributed by atoms with Crippen LogP contribution in [0.25, 0.3) is 5.70 Å². The van der Waals surface area contributed by atoms with Crippen LogP contribution in [0.3, 0.4) is 0 Å². The van der Waals surface area contributed by atoms with Crippen LogP contribution in [0.15, 0.2) is 39.8 Å². The van der Waals surface area contributed by atoms with Crippen LogP contribution in [0.2, 0.25) is 0 Å². The lowest BCUT2D eigenvalue weighted by atomic mass is 10.0. The number of aliphatic imine (C=N–C) groups is 2. The minimum atomic E-state index is 0.720. The standard InChI is InChI=1S/C13H13N3/c1-16-9-15-8-11-7-14-6-10-4-2-3-5-12(10)13(11)16/h2-6,8H,7,9H2,1H3. The van der Waals surface area contributed by atoms with Gasteiger partial charge in [-0.25, -0.2) is 0 Å². The number of hydrogen-bond donors (Lipinski definition) is 0. The van der Waals surface area contributed by atoms with Gasteiger partial charge in [0.2, 0.25) is 0 Å². The summed E-state index contributed by atoms with van der Waals surface area (Å²) in [4.78, 5) is 10.9. The quantitative estimate of drug-likeness (QED) is 0.643. The van der Waals surface area contributed by atoms with Crippen molar-refractivity contribution < 1.29 is 0 Å². The van der Waals surface area contributed by atoms with Crippen molar-refractivity contribution in [3.63, 3.8) is 0 Å². The van der Waals surface area contributed by atoms with Crippen molar-refractivity contribution in [3.8, 4) is 0 Å². The maximum Gasteiger partial charge on any atom is 0.109 e. The van der Waals surface area contributed by atoms with Gasteiger partial charge in [-0.15, -0.1) is 0 Å². The molecule has 0 aliphatic carbocycles. The molecule has 2 aliphatic rings. The lowest BCUT2D eigenvalue weighted by Crippen LogP contribution is -2.23. The summed E-state index contributed by atoms with van der Waals surface area (Å²) in [5, 5.41) is 0. The van der Waals surface area contributed by atoms with Crippen LogP contribution in [0.1, 0.15) is 11.1 Å². The first kappa shape index (κ1) is 9.33. The second kappa shape index (κ2) is 3.59. The average Bonchev–Trinajstić information content (AvgIpc) is 2.49. The summed E-state index contributed by atoms with van der Waals surface area (Å²) >= 11 is 0. The molecular weight excluding hydrogens is 198 g/mol. The molecule has 2 heterocycles. The molecule has 1 aromatic carbocycles. The van der Waals surface area contributed by atoms with Gasteiger partial charge in [-0.05, 0) is 0 Å². The van der Waals surface area contributed by atoms with E-state index in [2.05, 4.69) is 40.1 Å². The van der Waals surface area contributed by atoms with E-state index in [1.54, 1.807) is 0 Å². The van der Waals surface area contributed by atoms with Crippen molar-refractivity contribution in [1.29, 1.82) is 0 Å². The Morgan fingerprint density at radius 3 is 2.94 bits per heavy atom. The van der Waals surface area contributed by atoms with Crippen molar-refractivity contribution in [2.75, 3.05) is 20.3 Å². The Kier molecular flexibility index (Phi) is 2.10. The van der Waals surface area contributed by atoms with Crippen molar-refractivity contribution in [2.24, 2.45) is 9.98 Å². The minimum absolute atomic E-state index is 0.720. The number of hydrogen-bond acceptors (Lipinski definition) is 3. The highest BCUT2D eigenvalue weighted by Gasteiger charge is 2.19. The second-order valence-corrected chi connectivity index (χ2v) is 4.08. The van der Waals surface area contributed by atoms with Crippen LogP contribution >= 0.6 is 0 Å². The van der Waals surface area contributed by atoms with E-state index < -0.39 is 0 Å². The van der Waals surface area contributed by atoms with Gasteiger partial charge >= 0.3 is 0 Å². The molecule has 0 fully saturated rings. The predicted octanol–water partition coefficient (Wildman–Crippen LogP) is 1.80. The summed E-state index contributed by atoms with van der Waals surface area (Å²) in [6, 6.07) is 8.38. The monoisotopic (exact) mass is 211 g/mol. The van der Waals surface area contributed by atoms with Gasteiger partial charge in [-0.3, -0.25) is 9.98 Å². The summed E-state index contributed by atoms with van der Waals surface area (Å²) in [6.45, 7) is 1.45. The second-order valence-electron chi connectivity index (χ2n) is 4.08. The number of benzene rings is 1. The number of nitrogens with zero attached hydrogens (tertiary/aromatic N) is 3. The van der Waals surface area contributed by atoms with E-state index in [1.807, 2.05) is 18.5 Å². The molecule has 0 saturated carbocycles. The number of rotatable bonds is 0. The third-order valence-corrected chi connectivity index (χ3v) is 2.93. The Labute approximate surface area is 94.8 Å². The highest BCUT2D eigenvalue weighted by molar-refractivity contribution is 5.98. The van der Waals surface area contributed by atoms with E-state index in [1.165, 1.54) is 22.4 Å². The fourth-order valence-electron chi connectivity index (χ4n) is 2.21. The fraction of sp³-hybridized carbons (Fsp3) is 0.231. The van der Waals surface area contributed by atoms with Crippen LogP contribution in [0.5, 0.6) is 0 Å². The summed E-state index contributed by atoms with van der Waals surface area (Å²) in [6.07, 6.45) is 3.91. The largest absolute Gasteiger partial charge is 0.354 e. The molecule has 0 amide bonds. The maximum absolute atomic E-state index is 4.43. The Morgan fingerprint density at radius 2 is 2.00 bits per heavy atom. The zero-order valence-electron chi connectivity index (χ0n) is 9.22. The van der Waals surface area contributed by atoms with Crippen LogP contribution in [0.4, 0.5) is 0 Å². The average molecular weight is 211 g/mol. The lowest BCUT2D eigenvalue weighted by molar-refractivity contribution is 0.491. The number of fused-ring (bicyclic) bond motifs is 2. The van der Waals surface area contributed by atoms with Gasteiger partial charge in [0.05, 0.1) is 12.2 Å². The van der Waals surface area contributed by atoms with Crippen molar-refractivity contribution >= 4 is 18.1 Å². The third-order valence-electron chi connectivity index (χ3n) is 2.93. The predicted molar refractivity (Wildman–Crippen MR) is 66.9 cm³/mol. The fourth-order valence-corrected chi connectivity index (χ4v) is 2.21. The van der Waals surface area contributed by atoms with Gasteiger partial charge in [0, 0.05) is 36.2 Å². The molecule has 0 bridgehead atoms.